The summed E-state index contributed by atoms with van der Waals surface area (Å²) in [5, 5.41) is 0. The van der Waals surface area contributed by atoms with Gasteiger partial charge in [0.05, 0.1) is 0 Å². The minimum absolute atomic E-state index is 0. The van der Waals surface area contributed by atoms with Crippen molar-refractivity contribution in [3.8, 4) is 0 Å². The number of fused-ring (bicyclic) bond motifs is 2. The van der Waals surface area contributed by atoms with Gasteiger partial charge in [-0.05, 0) is 73.6 Å². The van der Waals surface area contributed by atoms with Gasteiger partial charge in [-0.1, -0.05) is 115 Å². The summed E-state index contributed by atoms with van der Waals surface area (Å²) in [6.07, 6.45) is 36.9. The average Bonchev–Trinajstić information content (AvgIpc) is 3.59. The van der Waals surface area contributed by atoms with E-state index < -0.39 is 0 Å². The van der Waals surface area contributed by atoms with Crippen LogP contribution in [0.25, 0.3) is 12.2 Å². The maximum atomic E-state index is 2.27. The van der Waals surface area contributed by atoms with Crippen LogP contribution in [0.4, 0.5) is 5.69 Å². The topological polar surface area (TPSA) is 3.24 Å². The SMILES string of the molecule is CN(C)c1ccc(/C=C/C=C/c2ccccc2)cc1.[CH]1[CH][C](CC[C]2[CH][CH][C]3C=CC=C[C]32)[C]2C=CC=C[C]12.[Zr+2]. The molecule has 2 heteroatoms. The molecule has 40 heavy (non-hydrogen) atoms. The molecule has 1 nitrogen and oxygen atoms in total. The van der Waals surface area contributed by atoms with Gasteiger partial charge in [0.15, 0.2) is 0 Å². The molecule has 6 rings (SSSR count). The molecular formula is C38H35NZr+2. The molecule has 0 aliphatic heterocycles. The van der Waals surface area contributed by atoms with Gasteiger partial charge in [0, 0.05) is 43.5 Å². The summed E-state index contributed by atoms with van der Waals surface area (Å²) >= 11 is 0. The molecule has 4 aliphatic rings. The van der Waals surface area contributed by atoms with Gasteiger partial charge in [0.2, 0.25) is 0 Å². The van der Waals surface area contributed by atoms with Gasteiger partial charge < -0.3 is 4.90 Å². The van der Waals surface area contributed by atoms with E-state index in [-0.39, 0.29) is 26.2 Å². The fourth-order valence-corrected chi connectivity index (χ4v) is 4.92. The van der Waals surface area contributed by atoms with Crippen LogP contribution in [0.3, 0.4) is 0 Å². The van der Waals surface area contributed by atoms with Crippen molar-refractivity contribution in [3.63, 3.8) is 0 Å². The molecule has 0 heterocycles. The second-order valence-electron chi connectivity index (χ2n) is 10.0. The Balaban J connectivity index is 0.000000181. The van der Waals surface area contributed by atoms with E-state index in [9.17, 15) is 0 Å². The molecule has 194 valence electrons. The van der Waals surface area contributed by atoms with Crippen LogP contribution in [0, 0.1) is 61.2 Å². The van der Waals surface area contributed by atoms with Gasteiger partial charge in [-0.2, -0.15) is 0 Å². The first kappa shape index (κ1) is 30.5. The van der Waals surface area contributed by atoms with Crippen LogP contribution in [0.2, 0.25) is 0 Å². The molecule has 10 radical (unpaired) electrons. The number of allylic oxidation sites excluding steroid dienone is 10. The third kappa shape index (κ3) is 8.30. The number of hydrogen-bond acceptors (Lipinski definition) is 1. The summed E-state index contributed by atoms with van der Waals surface area (Å²) in [7, 11) is 4.10. The van der Waals surface area contributed by atoms with Crippen molar-refractivity contribution in [2.45, 2.75) is 12.8 Å². The van der Waals surface area contributed by atoms with E-state index >= 15 is 0 Å². The van der Waals surface area contributed by atoms with Crippen LogP contribution in [-0.2, 0) is 26.2 Å². The minimum atomic E-state index is 0. The fourth-order valence-electron chi connectivity index (χ4n) is 4.92. The van der Waals surface area contributed by atoms with Gasteiger partial charge in [-0.3, -0.25) is 0 Å². The number of nitrogens with zero attached hydrogens (tertiary/aromatic N) is 1. The Kier molecular flexibility index (Phi) is 11.9. The quantitative estimate of drug-likeness (QED) is 0.289. The average molecular weight is 597 g/mol. The Morgan fingerprint density at radius 3 is 1.52 bits per heavy atom. The number of anilines is 1. The number of hydrogen-bond donors (Lipinski definition) is 0. The Labute approximate surface area is 262 Å². The van der Waals surface area contributed by atoms with Crippen molar-refractivity contribution in [2.75, 3.05) is 19.0 Å². The minimum Gasteiger partial charge on any atom is -0.378 e. The predicted octanol–water partition coefficient (Wildman–Crippen LogP) is 8.79. The van der Waals surface area contributed by atoms with Crippen LogP contribution in [0.15, 0.2) is 115 Å². The summed E-state index contributed by atoms with van der Waals surface area (Å²) in [5.41, 5.74) is 3.65. The van der Waals surface area contributed by atoms with E-state index in [1.807, 2.05) is 32.3 Å². The molecule has 2 aromatic carbocycles. The van der Waals surface area contributed by atoms with Gasteiger partial charge in [0.25, 0.3) is 0 Å². The number of benzene rings is 2. The molecule has 0 amide bonds. The Morgan fingerprint density at radius 2 is 1.02 bits per heavy atom. The smallest absolute Gasteiger partial charge is 0.378 e. The van der Waals surface area contributed by atoms with Crippen molar-refractivity contribution in [1.29, 1.82) is 0 Å². The van der Waals surface area contributed by atoms with Crippen molar-refractivity contribution < 1.29 is 26.2 Å². The summed E-state index contributed by atoms with van der Waals surface area (Å²) < 4.78 is 0. The molecule has 0 saturated heterocycles. The molecule has 4 aliphatic carbocycles. The van der Waals surface area contributed by atoms with Crippen LogP contribution in [-0.4, -0.2) is 14.1 Å². The molecule has 2 fully saturated rings. The Hall–Kier alpha value is -2.44. The molecule has 0 atom stereocenters. The summed E-state index contributed by atoms with van der Waals surface area (Å²) in [6.45, 7) is 0. The van der Waals surface area contributed by atoms with E-state index in [4.69, 9.17) is 0 Å². The van der Waals surface area contributed by atoms with E-state index in [1.54, 1.807) is 0 Å². The molecule has 0 spiro atoms. The Bertz CT molecular complexity index is 1170. The number of rotatable bonds is 7. The summed E-state index contributed by atoms with van der Waals surface area (Å²) in [5.74, 6) is 8.45. The van der Waals surface area contributed by atoms with Crippen LogP contribution < -0.4 is 4.90 Å². The zero-order valence-electron chi connectivity index (χ0n) is 23.3. The second-order valence-corrected chi connectivity index (χ2v) is 10.0. The predicted molar refractivity (Wildman–Crippen MR) is 168 cm³/mol. The second kappa shape index (κ2) is 15.5. The van der Waals surface area contributed by atoms with Crippen molar-refractivity contribution in [3.05, 3.63) is 188 Å². The molecule has 0 aromatic heterocycles. The first-order valence-corrected chi connectivity index (χ1v) is 13.6. The zero-order chi connectivity index (χ0) is 26.9. The summed E-state index contributed by atoms with van der Waals surface area (Å²) in [6, 6.07) is 18.8. The van der Waals surface area contributed by atoms with Crippen molar-refractivity contribution >= 4 is 17.8 Å². The largest absolute Gasteiger partial charge is 2.00 e. The van der Waals surface area contributed by atoms with E-state index in [0.717, 1.165) is 12.8 Å². The van der Waals surface area contributed by atoms with E-state index in [1.165, 1.54) is 52.3 Å². The maximum absolute atomic E-state index is 2.27. The van der Waals surface area contributed by atoms with Crippen molar-refractivity contribution in [2.24, 2.45) is 0 Å². The molecule has 2 saturated carbocycles. The monoisotopic (exact) mass is 595 g/mol. The van der Waals surface area contributed by atoms with E-state index in [0.29, 0.717) is 0 Å². The summed E-state index contributed by atoms with van der Waals surface area (Å²) in [4.78, 5) is 2.10. The molecule has 0 bridgehead atoms. The van der Waals surface area contributed by atoms with Crippen LogP contribution in [0.1, 0.15) is 24.0 Å². The zero-order valence-corrected chi connectivity index (χ0v) is 25.8. The van der Waals surface area contributed by atoms with E-state index in [2.05, 4.69) is 140 Å². The third-order valence-corrected chi connectivity index (χ3v) is 7.10. The van der Waals surface area contributed by atoms with Crippen molar-refractivity contribution in [1.82, 2.24) is 0 Å². The van der Waals surface area contributed by atoms with Gasteiger partial charge in [0.1, 0.15) is 0 Å². The molecule has 0 N–H and O–H groups in total. The molecule has 0 unspecified atom stereocenters. The normalized spacial score (nSPS) is 19.6. The van der Waals surface area contributed by atoms with Crippen LogP contribution in [0.5, 0.6) is 0 Å². The molecule has 2 aromatic rings. The van der Waals surface area contributed by atoms with Gasteiger partial charge in [-0.15, -0.1) is 0 Å². The van der Waals surface area contributed by atoms with Gasteiger partial charge >= 0.3 is 26.2 Å². The standard InChI is InChI=1S/C20H16.C18H19N.Zr/c1-3-7-19-15(5-1)9-11-17(19)13-14-18-12-10-16-6-2-4-8-20(16)18;1-19(2)18-14-12-17(13-15-18)11-7-6-10-16-8-4-3-5-9-16;/h1-12H,13-14H2;3-15H,1-2H3;/q;;+2/b;10-6+,11-7+;. The van der Waals surface area contributed by atoms with Crippen LogP contribution >= 0.6 is 0 Å². The van der Waals surface area contributed by atoms with Gasteiger partial charge in [-0.25, -0.2) is 0 Å². The third-order valence-electron chi connectivity index (χ3n) is 7.10. The molecular weight excluding hydrogens is 562 g/mol. The maximum Gasteiger partial charge on any atom is 2.00 e. The fraction of sp³-hybridized carbons (Fsp3) is 0.105. The Morgan fingerprint density at radius 1 is 0.550 bits per heavy atom. The first-order valence-electron chi connectivity index (χ1n) is 13.6. The first-order chi connectivity index (χ1) is 19.2.